The van der Waals surface area contributed by atoms with Crippen LogP contribution in [0.3, 0.4) is 0 Å². The van der Waals surface area contributed by atoms with Gasteiger partial charge in [0.25, 0.3) is 11.8 Å². The van der Waals surface area contributed by atoms with Crippen LogP contribution < -0.4 is 15.6 Å². The van der Waals surface area contributed by atoms with Gasteiger partial charge in [-0.05, 0) is 55.2 Å². The van der Waals surface area contributed by atoms with E-state index in [9.17, 15) is 18.0 Å². The molecule has 0 fully saturated rings. The van der Waals surface area contributed by atoms with Gasteiger partial charge in [-0.25, -0.2) is 13.1 Å². The maximum atomic E-state index is 12.7. The molecule has 2 amide bonds. The maximum Gasteiger partial charge on any atom is 0.279 e. The molecule has 3 aromatic rings. The average molecular weight is 472 g/mol. The Bertz CT molecular complexity index is 1240. The number of carbonyl (C=O) groups is 2. The molecule has 1 aromatic heterocycles. The molecule has 0 saturated carbocycles. The SMILES string of the molecule is CCc1sc(C(=O)NNC(=O)c2cc(S(=O)(=O)NCc3ccccc3)ccc2C)cc1C. The van der Waals surface area contributed by atoms with Gasteiger partial charge in [0.05, 0.1) is 9.77 Å². The lowest BCUT2D eigenvalue weighted by molar-refractivity contribution is 0.0848. The second kappa shape index (κ2) is 10.1. The van der Waals surface area contributed by atoms with Crippen molar-refractivity contribution >= 4 is 33.2 Å². The van der Waals surface area contributed by atoms with Crippen molar-refractivity contribution in [1.82, 2.24) is 15.6 Å². The second-order valence-electron chi connectivity index (χ2n) is 7.27. The summed E-state index contributed by atoms with van der Waals surface area (Å²) >= 11 is 1.38. The summed E-state index contributed by atoms with van der Waals surface area (Å²) in [6, 6.07) is 15.2. The van der Waals surface area contributed by atoms with E-state index in [0.29, 0.717) is 10.4 Å². The van der Waals surface area contributed by atoms with Gasteiger partial charge in [-0.3, -0.25) is 20.4 Å². The molecule has 3 N–H and O–H groups in total. The zero-order valence-corrected chi connectivity index (χ0v) is 19.7. The highest BCUT2D eigenvalue weighted by atomic mass is 32.2. The predicted octanol–water partition coefficient (Wildman–Crippen LogP) is 3.48. The van der Waals surface area contributed by atoms with E-state index >= 15 is 0 Å². The zero-order chi connectivity index (χ0) is 23.3. The Morgan fingerprint density at radius 1 is 0.906 bits per heavy atom. The van der Waals surface area contributed by atoms with Crippen LogP contribution in [0.5, 0.6) is 0 Å². The van der Waals surface area contributed by atoms with E-state index in [1.165, 1.54) is 23.5 Å². The maximum absolute atomic E-state index is 12.7. The van der Waals surface area contributed by atoms with Gasteiger partial charge in [0, 0.05) is 17.0 Å². The molecule has 2 aromatic carbocycles. The molecule has 0 atom stereocenters. The van der Waals surface area contributed by atoms with Crippen LogP contribution in [0, 0.1) is 13.8 Å². The average Bonchev–Trinajstić information content (AvgIpc) is 3.17. The topological polar surface area (TPSA) is 104 Å². The highest BCUT2D eigenvalue weighted by Gasteiger charge is 2.19. The lowest BCUT2D eigenvalue weighted by atomic mass is 10.1. The van der Waals surface area contributed by atoms with Crippen molar-refractivity contribution in [3.63, 3.8) is 0 Å². The number of nitrogens with one attached hydrogen (secondary N) is 3. The van der Waals surface area contributed by atoms with Crippen molar-refractivity contribution in [1.29, 1.82) is 0 Å². The Hall–Kier alpha value is -3.01. The lowest BCUT2D eigenvalue weighted by Crippen LogP contribution is -2.41. The van der Waals surface area contributed by atoms with Gasteiger partial charge in [-0.2, -0.15) is 0 Å². The first-order chi connectivity index (χ1) is 15.2. The van der Waals surface area contributed by atoms with Crippen LogP contribution in [-0.4, -0.2) is 20.2 Å². The molecule has 9 heteroatoms. The Kier molecular flexibility index (Phi) is 7.44. The highest BCUT2D eigenvalue weighted by molar-refractivity contribution is 7.89. The van der Waals surface area contributed by atoms with E-state index < -0.39 is 21.8 Å². The van der Waals surface area contributed by atoms with E-state index in [1.54, 1.807) is 19.1 Å². The minimum absolute atomic E-state index is 0.0306. The van der Waals surface area contributed by atoms with Gasteiger partial charge in [-0.15, -0.1) is 11.3 Å². The van der Waals surface area contributed by atoms with Gasteiger partial charge in [0.1, 0.15) is 0 Å². The Morgan fingerprint density at radius 3 is 2.25 bits per heavy atom. The third kappa shape index (κ3) is 5.61. The molecule has 0 aliphatic heterocycles. The molecular formula is C23H25N3O4S2. The fourth-order valence-electron chi connectivity index (χ4n) is 3.10. The largest absolute Gasteiger partial charge is 0.279 e. The molecule has 3 rings (SSSR count). The molecule has 7 nitrogen and oxygen atoms in total. The van der Waals surface area contributed by atoms with Gasteiger partial charge in [0.15, 0.2) is 0 Å². The number of sulfonamides is 1. The number of hydrogen-bond acceptors (Lipinski definition) is 5. The molecule has 0 saturated heterocycles. The fraction of sp³-hybridized carbons (Fsp3) is 0.217. The summed E-state index contributed by atoms with van der Waals surface area (Å²) < 4.78 is 27.9. The van der Waals surface area contributed by atoms with Crippen LogP contribution in [0.25, 0.3) is 0 Å². The number of benzene rings is 2. The number of hydrazine groups is 1. The van der Waals surface area contributed by atoms with Crippen LogP contribution in [0.2, 0.25) is 0 Å². The number of amides is 2. The summed E-state index contributed by atoms with van der Waals surface area (Å²) in [4.78, 5) is 26.6. The van der Waals surface area contributed by atoms with Crippen LogP contribution in [0.1, 0.15) is 48.5 Å². The van der Waals surface area contributed by atoms with Crippen molar-refractivity contribution < 1.29 is 18.0 Å². The van der Waals surface area contributed by atoms with Crippen molar-refractivity contribution in [3.05, 3.63) is 86.6 Å². The monoisotopic (exact) mass is 471 g/mol. The molecule has 0 spiro atoms. The van der Waals surface area contributed by atoms with Crippen LogP contribution in [0.4, 0.5) is 0 Å². The Labute approximate surface area is 191 Å². The first kappa shape index (κ1) is 23.6. The Balaban J connectivity index is 1.70. The summed E-state index contributed by atoms with van der Waals surface area (Å²) in [5, 5.41) is 0. The van der Waals surface area contributed by atoms with Crippen LogP contribution in [-0.2, 0) is 23.0 Å². The molecule has 0 bridgehead atoms. The molecule has 1 heterocycles. The Morgan fingerprint density at radius 2 is 1.59 bits per heavy atom. The van der Waals surface area contributed by atoms with Crippen LogP contribution >= 0.6 is 11.3 Å². The lowest BCUT2D eigenvalue weighted by Gasteiger charge is -2.12. The molecule has 168 valence electrons. The third-order valence-electron chi connectivity index (χ3n) is 4.93. The fourth-order valence-corrected chi connectivity index (χ4v) is 5.15. The summed E-state index contributed by atoms with van der Waals surface area (Å²) in [6.45, 7) is 5.78. The van der Waals surface area contributed by atoms with Crippen molar-refractivity contribution in [2.75, 3.05) is 0 Å². The summed E-state index contributed by atoms with van der Waals surface area (Å²) in [7, 11) is -3.83. The quantitative estimate of drug-likeness (QED) is 0.459. The zero-order valence-electron chi connectivity index (χ0n) is 18.1. The number of thiophene rings is 1. The molecular weight excluding hydrogens is 446 g/mol. The first-order valence-corrected chi connectivity index (χ1v) is 12.4. The smallest absolute Gasteiger partial charge is 0.267 e. The van der Waals surface area contributed by atoms with Crippen molar-refractivity contribution in [3.8, 4) is 0 Å². The minimum Gasteiger partial charge on any atom is -0.267 e. The number of hydrogen-bond donors (Lipinski definition) is 3. The minimum atomic E-state index is -3.83. The highest BCUT2D eigenvalue weighted by Crippen LogP contribution is 2.22. The molecule has 0 unspecified atom stereocenters. The molecule has 0 radical (unpaired) electrons. The summed E-state index contributed by atoms with van der Waals surface area (Å²) in [6.07, 6.45) is 0.828. The van der Waals surface area contributed by atoms with Gasteiger partial charge >= 0.3 is 0 Å². The summed E-state index contributed by atoms with van der Waals surface area (Å²) in [5.41, 5.74) is 7.37. The predicted molar refractivity (Wildman–Crippen MR) is 125 cm³/mol. The van der Waals surface area contributed by atoms with Crippen molar-refractivity contribution in [2.24, 2.45) is 0 Å². The van der Waals surface area contributed by atoms with Gasteiger partial charge in [-0.1, -0.05) is 43.3 Å². The molecule has 32 heavy (non-hydrogen) atoms. The van der Waals surface area contributed by atoms with E-state index in [-0.39, 0.29) is 17.0 Å². The van der Waals surface area contributed by atoms with E-state index in [2.05, 4.69) is 15.6 Å². The van der Waals surface area contributed by atoms with Crippen molar-refractivity contribution in [2.45, 2.75) is 38.6 Å². The number of rotatable bonds is 7. The van der Waals surface area contributed by atoms with Gasteiger partial charge < -0.3 is 0 Å². The van der Waals surface area contributed by atoms with E-state index in [4.69, 9.17) is 0 Å². The first-order valence-electron chi connectivity index (χ1n) is 10.1. The molecule has 0 aliphatic rings. The van der Waals surface area contributed by atoms with E-state index in [0.717, 1.165) is 22.4 Å². The standard InChI is InChI=1S/C23H25N3O4S2/c1-4-20-16(3)12-21(31-20)23(28)26-25-22(27)19-13-18(11-10-15(19)2)32(29,30)24-14-17-8-6-5-7-9-17/h5-13,24H,4,14H2,1-3H3,(H,25,27)(H,26,28). The number of carbonyl (C=O) groups excluding carboxylic acids is 2. The van der Waals surface area contributed by atoms with Crippen LogP contribution in [0.15, 0.2) is 59.5 Å². The van der Waals surface area contributed by atoms with E-state index in [1.807, 2.05) is 44.2 Å². The number of aryl methyl sites for hydroxylation is 3. The normalized spacial score (nSPS) is 11.2. The second-order valence-corrected chi connectivity index (χ2v) is 10.2. The summed E-state index contributed by atoms with van der Waals surface area (Å²) in [5.74, 6) is -1.02. The molecule has 0 aliphatic carbocycles. The third-order valence-corrected chi connectivity index (χ3v) is 7.71. The van der Waals surface area contributed by atoms with Gasteiger partial charge in [0.2, 0.25) is 10.0 Å².